The summed E-state index contributed by atoms with van der Waals surface area (Å²) in [5.41, 5.74) is 0. The average Bonchev–Trinajstić information content (AvgIpc) is 2.23. The highest BCUT2D eigenvalue weighted by Crippen LogP contribution is 2.04. The topological polar surface area (TPSA) is 44.4 Å². The van der Waals surface area contributed by atoms with Gasteiger partial charge >= 0.3 is 0 Å². The molecule has 0 saturated carbocycles. The second-order valence-electron chi connectivity index (χ2n) is 5.03. The molecule has 17 heavy (non-hydrogen) atoms. The summed E-state index contributed by atoms with van der Waals surface area (Å²) < 4.78 is 0. The molecule has 0 rings (SSSR count). The molecule has 2 N–H and O–H groups in total. The minimum atomic E-state index is -0.178. The van der Waals surface area contributed by atoms with E-state index < -0.39 is 0 Å². The van der Waals surface area contributed by atoms with Gasteiger partial charge < -0.3 is 15.5 Å². The van der Waals surface area contributed by atoms with Crippen LogP contribution in [-0.2, 0) is 4.79 Å². The summed E-state index contributed by atoms with van der Waals surface area (Å²) in [6, 6.07) is 0.136. The molecule has 100 valence electrons. The van der Waals surface area contributed by atoms with Crippen molar-refractivity contribution in [3.63, 3.8) is 0 Å². The Morgan fingerprint density at radius 1 is 1.35 bits per heavy atom. The van der Waals surface area contributed by atoms with Crippen LogP contribution in [-0.4, -0.2) is 50.1 Å². The van der Waals surface area contributed by atoms with Crippen molar-refractivity contribution >= 4 is 5.91 Å². The third-order valence-electron chi connectivity index (χ3n) is 2.64. The van der Waals surface area contributed by atoms with Crippen molar-refractivity contribution in [1.82, 2.24) is 15.5 Å². The molecule has 0 heterocycles. The van der Waals surface area contributed by atoms with E-state index in [0.29, 0.717) is 18.5 Å². The first-order chi connectivity index (χ1) is 7.88. The van der Waals surface area contributed by atoms with Gasteiger partial charge in [0.05, 0.1) is 6.04 Å². The Morgan fingerprint density at radius 3 is 2.35 bits per heavy atom. The molecule has 0 bridgehead atoms. The molecule has 0 aliphatic heterocycles. The zero-order valence-electron chi connectivity index (χ0n) is 11.8. The number of amides is 1. The van der Waals surface area contributed by atoms with Crippen LogP contribution in [0.3, 0.4) is 0 Å². The maximum absolute atomic E-state index is 11.7. The van der Waals surface area contributed by atoms with Gasteiger partial charge in [-0.2, -0.15) is 0 Å². The molecule has 4 nitrogen and oxygen atoms in total. The fourth-order valence-electron chi connectivity index (χ4n) is 1.57. The Kier molecular flexibility index (Phi) is 7.83. The molecule has 4 heteroatoms. The van der Waals surface area contributed by atoms with Gasteiger partial charge in [-0.15, -0.1) is 6.58 Å². The summed E-state index contributed by atoms with van der Waals surface area (Å²) >= 11 is 0. The minimum absolute atomic E-state index is 0.0225. The Hall–Kier alpha value is -0.870. The second-order valence-corrected chi connectivity index (χ2v) is 5.03. The van der Waals surface area contributed by atoms with E-state index in [1.54, 1.807) is 6.08 Å². The fourth-order valence-corrected chi connectivity index (χ4v) is 1.57. The average molecular weight is 241 g/mol. The SMILES string of the molecule is C=CCNC(=O)C(C)NC(CN(C)C)C(C)C. The lowest BCUT2D eigenvalue weighted by Crippen LogP contribution is -2.51. The Morgan fingerprint density at radius 2 is 1.94 bits per heavy atom. The van der Waals surface area contributed by atoms with Crippen LogP contribution in [0.25, 0.3) is 0 Å². The largest absolute Gasteiger partial charge is 0.351 e. The number of rotatable bonds is 8. The third-order valence-corrected chi connectivity index (χ3v) is 2.64. The molecule has 1 amide bonds. The molecule has 0 radical (unpaired) electrons. The van der Waals surface area contributed by atoms with E-state index in [9.17, 15) is 4.79 Å². The van der Waals surface area contributed by atoms with Crippen molar-refractivity contribution in [3.8, 4) is 0 Å². The van der Waals surface area contributed by atoms with E-state index in [4.69, 9.17) is 0 Å². The highest BCUT2D eigenvalue weighted by Gasteiger charge is 2.20. The van der Waals surface area contributed by atoms with Gasteiger partial charge in [-0.3, -0.25) is 4.79 Å². The molecule has 0 aliphatic carbocycles. The number of nitrogens with zero attached hydrogens (tertiary/aromatic N) is 1. The summed E-state index contributed by atoms with van der Waals surface area (Å²) in [5.74, 6) is 0.515. The van der Waals surface area contributed by atoms with Crippen LogP contribution in [0.1, 0.15) is 20.8 Å². The van der Waals surface area contributed by atoms with Crippen molar-refractivity contribution in [1.29, 1.82) is 0 Å². The van der Waals surface area contributed by atoms with Gasteiger partial charge in [-0.05, 0) is 26.9 Å². The number of nitrogens with one attached hydrogen (secondary N) is 2. The van der Waals surface area contributed by atoms with Gasteiger partial charge in [0.1, 0.15) is 0 Å². The fraction of sp³-hybridized carbons (Fsp3) is 0.769. The normalized spacial score (nSPS) is 14.8. The first kappa shape index (κ1) is 16.1. The monoisotopic (exact) mass is 241 g/mol. The summed E-state index contributed by atoms with van der Waals surface area (Å²) in [6.45, 7) is 11.2. The van der Waals surface area contributed by atoms with Crippen LogP contribution in [0.5, 0.6) is 0 Å². The number of hydrogen-bond donors (Lipinski definition) is 2. The van der Waals surface area contributed by atoms with E-state index in [0.717, 1.165) is 6.54 Å². The van der Waals surface area contributed by atoms with E-state index in [1.807, 2.05) is 21.0 Å². The summed E-state index contributed by atoms with van der Waals surface area (Å²) in [5, 5.41) is 6.17. The van der Waals surface area contributed by atoms with E-state index in [2.05, 4.69) is 36.0 Å². The summed E-state index contributed by atoms with van der Waals surface area (Å²) in [4.78, 5) is 13.8. The first-order valence-electron chi connectivity index (χ1n) is 6.17. The molecule has 2 atom stereocenters. The third kappa shape index (κ3) is 7.13. The molecule has 0 saturated heterocycles. The Labute approximate surface area is 105 Å². The standard InChI is InChI=1S/C13H27N3O/c1-7-8-14-13(17)11(4)15-12(10(2)3)9-16(5)6/h7,10-12,15H,1,8-9H2,2-6H3,(H,14,17). The van der Waals surface area contributed by atoms with E-state index in [1.165, 1.54) is 0 Å². The Bertz CT molecular complexity index is 239. The van der Waals surface area contributed by atoms with Crippen molar-refractivity contribution in [2.24, 2.45) is 5.92 Å². The molecular formula is C13H27N3O. The van der Waals surface area contributed by atoms with Crippen LogP contribution < -0.4 is 10.6 Å². The van der Waals surface area contributed by atoms with Crippen LogP contribution in [0.2, 0.25) is 0 Å². The number of carbonyl (C=O) groups excluding carboxylic acids is 1. The van der Waals surface area contributed by atoms with E-state index in [-0.39, 0.29) is 11.9 Å². The van der Waals surface area contributed by atoms with Crippen molar-refractivity contribution in [3.05, 3.63) is 12.7 Å². The van der Waals surface area contributed by atoms with Crippen LogP contribution >= 0.6 is 0 Å². The van der Waals surface area contributed by atoms with Gasteiger partial charge in [0.25, 0.3) is 0 Å². The predicted molar refractivity (Wildman–Crippen MR) is 73.0 cm³/mol. The molecule has 2 unspecified atom stereocenters. The molecule has 0 fully saturated rings. The molecule has 0 aliphatic rings. The van der Waals surface area contributed by atoms with Crippen molar-refractivity contribution in [2.75, 3.05) is 27.2 Å². The lowest BCUT2D eigenvalue weighted by atomic mass is 10.0. The first-order valence-corrected chi connectivity index (χ1v) is 6.17. The molecule has 0 aromatic carbocycles. The van der Waals surface area contributed by atoms with Crippen molar-refractivity contribution in [2.45, 2.75) is 32.9 Å². The van der Waals surface area contributed by atoms with E-state index >= 15 is 0 Å². The highest BCUT2D eigenvalue weighted by molar-refractivity contribution is 5.81. The highest BCUT2D eigenvalue weighted by atomic mass is 16.2. The summed E-state index contributed by atoms with van der Waals surface area (Å²) in [7, 11) is 4.08. The van der Waals surface area contributed by atoms with Crippen LogP contribution in [0.4, 0.5) is 0 Å². The smallest absolute Gasteiger partial charge is 0.237 e. The van der Waals surface area contributed by atoms with Gasteiger partial charge in [0, 0.05) is 19.1 Å². The van der Waals surface area contributed by atoms with Crippen LogP contribution in [0.15, 0.2) is 12.7 Å². The molecular weight excluding hydrogens is 214 g/mol. The maximum atomic E-state index is 11.7. The number of hydrogen-bond acceptors (Lipinski definition) is 3. The number of likely N-dealkylation sites (N-methyl/N-ethyl adjacent to an activating group) is 1. The Balaban J connectivity index is 4.24. The lowest BCUT2D eigenvalue weighted by Gasteiger charge is -2.28. The van der Waals surface area contributed by atoms with Crippen molar-refractivity contribution < 1.29 is 4.79 Å². The van der Waals surface area contributed by atoms with Gasteiger partial charge in [0.15, 0.2) is 0 Å². The van der Waals surface area contributed by atoms with Gasteiger partial charge in [0.2, 0.25) is 5.91 Å². The molecule has 0 aromatic heterocycles. The second kappa shape index (κ2) is 8.25. The van der Waals surface area contributed by atoms with Crippen LogP contribution in [0, 0.1) is 5.92 Å². The predicted octanol–water partition coefficient (Wildman–Crippen LogP) is 0.853. The maximum Gasteiger partial charge on any atom is 0.237 e. The van der Waals surface area contributed by atoms with Gasteiger partial charge in [-0.1, -0.05) is 19.9 Å². The minimum Gasteiger partial charge on any atom is -0.351 e. The lowest BCUT2D eigenvalue weighted by molar-refractivity contribution is -0.122. The molecule has 0 spiro atoms. The van der Waals surface area contributed by atoms with Gasteiger partial charge in [-0.25, -0.2) is 0 Å². The summed E-state index contributed by atoms with van der Waals surface area (Å²) in [6.07, 6.45) is 1.68. The number of carbonyl (C=O) groups is 1. The quantitative estimate of drug-likeness (QED) is 0.619. The zero-order valence-corrected chi connectivity index (χ0v) is 11.8. The zero-order chi connectivity index (χ0) is 13.4. The molecule has 0 aromatic rings.